The molecule has 0 spiro atoms. The Balaban J connectivity index is 0.00000225. The molecule has 0 aliphatic rings. The van der Waals surface area contributed by atoms with Gasteiger partial charge in [-0.05, 0) is 24.3 Å². The van der Waals surface area contributed by atoms with E-state index in [0.29, 0.717) is 0 Å². The molecule has 0 aliphatic heterocycles. The first kappa shape index (κ1) is 14.2. The van der Waals surface area contributed by atoms with Gasteiger partial charge in [-0.2, -0.15) is 0 Å². The lowest BCUT2D eigenvalue weighted by Crippen LogP contribution is -2.35. The molecular weight excluding hydrogens is 215 g/mol. The fraction of sp³-hybridized carbons (Fsp3) is 0.200. The van der Waals surface area contributed by atoms with Crippen LogP contribution >= 0.6 is 0 Å². The van der Waals surface area contributed by atoms with E-state index >= 15 is 0 Å². The first-order chi connectivity index (χ1) is 7.00. The first-order valence-corrected chi connectivity index (χ1v) is 4.34. The molecule has 1 aromatic carbocycles. The smallest absolute Gasteiger partial charge is 0.219 e. The molecule has 0 radical (unpaired) electrons. The van der Waals surface area contributed by atoms with Crippen molar-refractivity contribution in [1.29, 1.82) is 0 Å². The number of nitrogens with two attached hydrogens (primary N) is 2. The van der Waals surface area contributed by atoms with Crippen LogP contribution in [0.3, 0.4) is 0 Å². The number of amides is 1. The highest BCUT2D eigenvalue weighted by atomic mass is 19.1. The molecule has 0 heterocycles. The summed E-state index contributed by atoms with van der Waals surface area (Å²) in [5, 5.41) is 0. The van der Waals surface area contributed by atoms with E-state index in [1.54, 1.807) is 0 Å². The van der Waals surface area contributed by atoms with Crippen LogP contribution in [0.5, 0.6) is 0 Å². The van der Waals surface area contributed by atoms with Gasteiger partial charge in [0.05, 0.1) is 6.04 Å². The minimum Gasteiger partial charge on any atom is -0.412 e. The predicted octanol–water partition coefficient (Wildman–Crippen LogP) is -0.614. The van der Waals surface area contributed by atoms with Gasteiger partial charge in [0, 0.05) is 12.0 Å². The van der Waals surface area contributed by atoms with E-state index in [9.17, 15) is 14.0 Å². The highest BCUT2D eigenvalue weighted by molar-refractivity contribution is 6.01. The molecule has 6 heteroatoms. The van der Waals surface area contributed by atoms with Gasteiger partial charge in [-0.15, -0.1) is 0 Å². The maximum Gasteiger partial charge on any atom is 0.219 e. The average Bonchev–Trinajstić information content (AvgIpc) is 2.17. The fourth-order valence-electron chi connectivity index (χ4n) is 1.14. The number of carbonyl (C=O) groups excluding carboxylic acids is 2. The second kappa shape index (κ2) is 5.94. The zero-order valence-electron chi connectivity index (χ0n) is 8.44. The predicted molar refractivity (Wildman–Crippen MR) is 56.1 cm³/mol. The molecule has 5 nitrogen and oxygen atoms in total. The summed E-state index contributed by atoms with van der Waals surface area (Å²) in [6, 6.07) is 3.99. The Morgan fingerprint density at radius 3 is 2.19 bits per heavy atom. The molecule has 0 saturated heterocycles. The molecule has 16 heavy (non-hydrogen) atoms. The number of carbonyl (C=O) groups is 2. The number of Topliss-reactive ketones (excluding diaryl/α,β-unsaturated/α-hetero) is 1. The molecular formula is C10H13FN2O3. The molecule has 1 amide bonds. The largest absolute Gasteiger partial charge is 0.412 e. The Labute approximate surface area is 91.5 Å². The third kappa shape index (κ3) is 3.76. The minimum atomic E-state index is -0.965. The molecule has 88 valence electrons. The molecule has 0 bridgehead atoms. The van der Waals surface area contributed by atoms with Gasteiger partial charge in [0.1, 0.15) is 5.82 Å². The van der Waals surface area contributed by atoms with Gasteiger partial charge in [0.2, 0.25) is 5.91 Å². The summed E-state index contributed by atoms with van der Waals surface area (Å²) in [6.07, 6.45) is -0.212. The van der Waals surface area contributed by atoms with Gasteiger partial charge in [-0.25, -0.2) is 4.39 Å². The molecule has 0 aromatic heterocycles. The Bertz CT molecular complexity index is 378. The van der Waals surface area contributed by atoms with Crippen LogP contribution in [0.1, 0.15) is 16.8 Å². The minimum absolute atomic E-state index is 0. The van der Waals surface area contributed by atoms with E-state index in [2.05, 4.69) is 0 Å². The van der Waals surface area contributed by atoms with E-state index in [4.69, 9.17) is 11.5 Å². The van der Waals surface area contributed by atoms with Crippen molar-refractivity contribution in [3.63, 3.8) is 0 Å². The van der Waals surface area contributed by atoms with Gasteiger partial charge in [0.15, 0.2) is 5.78 Å². The van der Waals surface area contributed by atoms with Crippen LogP contribution in [0, 0.1) is 5.82 Å². The van der Waals surface area contributed by atoms with Crippen LogP contribution in [-0.4, -0.2) is 23.2 Å². The Morgan fingerprint density at radius 2 is 1.75 bits per heavy atom. The van der Waals surface area contributed by atoms with Crippen molar-refractivity contribution in [3.05, 3.63) is 35.6 Å². The quantitative estimate of drug-likeness (QED) is 0.669. The number of rotatable bonds is 4. The van der Waals surface area contributed by atoms with Crippen LogP contribution in [-0.2, 0) is 4.79 Å². The summed E-state index contributed by atoms with van der Waals surface area (Å²) in [5.41, 5.74) is 10.6. The summed E-state index contributed by atoms with van der Waals surface area (Å²) < 4.78 is 12.5. The molecule has 0 fully saturated rings. The van der Waals surface area contributed by atoms with Crippen molar-refractivity contribution < 1.29 is 19.5 Å². The van der Waals surface area contributed by atoms with Gasteiger partial charge in [-0.1, -0.05) is 0 Å². The van der Waals surface area contributed by atoms with Crippen LogP contribution in [0.4, 0.5) is 4.39 Å². The van der Waals surface area contributed by atoms with Crippen LogP contribution in [0.15, 0.2) is 24.3 Å². The number of halogens is 1. The zero-order chi connectivity index (χ0) is 11.4. The second-order valence-electron chi connectivity index (χ2n) is 3.15. The number of benzene rings is 1. The Kier molecular flexibility index (Phi) is 5.27. The van der Waals surface area contributed by atoms with E-state index in [1.165, 1.54) is 12.1 Å². The normalized spacial score (nSPS) is 11.4. The molecule has 1 rings (SSSR count). The van der Waals surface area contributed by atoms with Crippen LogP contribution in [0.25, 0.3) is 0 Å². The summed E-state index contributed by atoms with van der Waals surface area (Å²) >= 11 is 0. The summed E-state index contributed by atoms with van der Waals surface area (Å²) in [5.74, 6) is -1.50. The van der Waals surface area contributed by atoms with Crippen molar-refractivity contribution in [2.24, 2.45) is 11.5 Å². The van der Waals surface area contributed by atoms with Gasteiger partial charge >= 0.3 is 0 Å². The van der Waals surface area contributed by atoms with Crippen LogP contribution < -0.4 is 11.5 Å². The lowest BCUT2D eigenvalue weighted by molar-refractivity contribution is -0.118. The van der Waals surface area contributed by atoms with Gasteiger partial charge < -0.3 is 16.9 Å². The van der Waals surface area contributed by atoms with Crippen molar-refractivity contribution in [2.75, 3.05) is 0 Å². The van der Waals surface area contributed by atoms with E-state index in [1.807, 2.05) is 0 Å². The SMILES string of the molecule is NC(=O)CC(N)C(=O)c1ccc(F)cc1.O. The van der Waals surface area contributed by atoms with Crippen molar-refractivity contribution in [1.82, 2.24) is 0 Å². The van der Waals surface area contributed by atoms with E-state index < -0.39 is 23.5 Å². The third-order valence-electron chi connectivity index (χ3n) is 1.89. The van der Waals surface area contributed by atoms with Crippen molar-refractivity contribution in [2.45, 2.75) is 12.5 Å². The molecule has 6 N–H and O–H groups in total. The number of primary amides is 1. The van der Waals surface area contributed by atoms with Gasteiger partial charge in [0.25, 0.3) is 0 Å². The number of ketones is 1. The number of hydrogen-bond acceptors (Lipinski definition) is 3. The maximum atomic E-state index is 12.5. The average molecular weight is 228 g/mol. The monoisotopic (exact) mass is 228 g/mol. The molecule has 1 atom stereocenters. The standard InChI is InChI=1S/C10H11FN2O2.H2O/c11-7-3-1-6(2-4-7)10(15)8(12)5-9(13)14;/h1-4,8H,5,12H2,(H2,13,14);1H2. The Morgan fingerprint density at radius 1 is 1.25 bits per heavy atom. The second-order valence-corrected chi connectivity index (χ2v) is 3.15. The topological polar surface area (TPSA) is 118 Å². The highest BCUT2D eigenvalue weighted by Gasteiger charge is 2.17. The third-order valence-corrected chi connectivity index (χ3v) is 1.89. The highest BCUT2D eigenvalue weighted by Crippen LogP contribution is 2.06. The molecule has 0 saturated carbocycles. The Hall–Kier alpha value is -1.79. The van der Waals surface area contributed by atoms with Gasteiger partial charge in [-0.3, -0.25) is 9.59 Å². The zero-order valence-corrected chi connectivity index (χ0v) is 8.44. The van der Waals surface area contributed by atoms with E-state index in [-0.39, 0.29) is 17.5 Å². The van der Waals surface area contributed by atoms with Crippen molar-refractivity contribution in [3.8, 4) is 0 Å². The lowest BCUT2D eigenvalue weighted by atomic mass is 10.0. The molecule has 0 aliphatic carbocycles. The fourth-order valence-corrected chi connectivity index (χ4v) is 1.14. The number of hydrogen-bond donors (Lipinski definition) is 2. The maximum absolute atomic E-state index is 12.5. The summed E-state index contributed by atoms with van der Waals surface area (Å²) in [4.78, 5) is 22.1. The summed E-state index contributed by atoms with van der Waals surface area (Å²) in [6.45, 7) is 0. The summed E-state index contributed by atoms with van der Waals surface area (Å²) in [7, 11) is 0. The van der Waals surface area contributed by atoms with E-state index in [0.717, 1.165) is 12.1 Å². The molecule has 1 aromatic rings. The van der Waals surface area contributed by atoms with Crippen molar-refractivity contribution >= 4 is 11.7 Å². The lowest BCUT2D eigenvalue weighted by Gasteiger charge is -2.07. The molecule has 1 unspecified atom stereocenters. The van der Waals surface area contributed by atoms with Crippen LogP contribution in [0.2, 0.25) is 0 Å². The first-order valence-electron chi connectivity index (χ1n) is 4.34.